The van der Waals surface area contributed by atoms with Crippen LogP contribution in [0.2, 0.25) is 0 Å². The van der Waals surface area contributed by atoms with Crippen molar-refractivity contribution < 1.29 is 18.0 Å². The monoisotopic (exact) mass is 243 g/mol. The number of benzene rings is 1. The van der Waals surface area contributed by atoms with Crippen LogP contribution in [0.25, 0.3) is 0 Å². The molecule has 0 aromatic heterocycles. The van der Waals surface area contributed by atoms with Crippen LogP contribution >= 0.6 is 0 Å². The lowest BCUT2D eigenvalue weighted by Crippen LogP contribution is -2.34. The Bertz CT molecular complexity index is 428. The molecule has 1 aliphatic heterocycles. The average Bonchev–Trinajstić information content (AvgIpc) is 2.39. The number of ketones is 1. The zero-order valence-electron chi connectivity index (χ0n) is 9.13. The lowest BCUT2D eigenvalue weighted by molar-refractivity contribution is -0.119. The molecule has 0 fully saturated rings. The van der Waals surface area contributed by atoms with Crippen LogP contribution in [-0.2, 0) is 0 Å². The molecule has 0 bridgehead atoms. The smallest absolute Gasteiger partial charge is 0.362 e. The molecule has 5 heteroatoms. The van der Waals surface area contributed by atoms with E-state index >= 15 is 0 Å². The van der Waals surface area contributed by atoms with Crippen molar-refractivity contribution in [2.24, 2.45) is 0 Å². The molecule has 2 rings (SSSR count). The van der Waals surface area contributed by atoms with Gasteiger partial charge in [0.05, 0.1) is 0 Å². The Morgan fingerprint density at radius 2 is 1.94 bits per heavy atom. The highest BCUT2D eigenvalue weighted by Crippen LogP contribution is 2.29. The molecule has 0 amide bonds. The van der Waals surface area contributed by atoms with Crippen molar-refractivity contribution in [1.29, 1.82) is 0 Å². The third-order valence-corrected chi connectivity index (χ3v) is 2.75. The number of Topliss-reactive ketones (excluding diaryl/α,β-unsaturated/α-hetero) is 1. The predicted molar refractivity (Wildman–Crippen MR) is 58.3 cm³/mol. The molecule has 0 saturated heterocycles. The van der Waals surface area contributed by atoms with Crippen molar-refractivity contribution in [2.45, 2.75) is 19.0 Å². The van der Waals surface area contributed by atoms with E-state index in [9.17, 15) is 18.0 Å². The van der Waals surface area contributed by atoms with E-state index < -0.39 is 12.7 Å². The fraction of sp³-hybridized carbons (Fsp3) is 0.417. The zero-order chi connectivity index (χ0) is 12.5. The second kappa shape index (κ2) is 4.39. The highest BCUT2D eigenvalue weighted by Gasteiger charge is 2.33. The summed E-state index contributed by atoms with van der Waals surface area (Å²) >= 11 is 0. The minimum atomic E-state index is -4.25. The Morgan fingerprint density at radius 3 is 2.65 bits per heavy atom. The molecule has 0 spiro atoms. The number of nitrogens with zero attached hydrogens (tertiary/aromatic N) is 1. The number of hydrogen-bond donors (Lipinski definition) is 0. The quantitative estimate of drug-likeness (QED) is 0.755. The number of carbonyl (C=O) groups excluding carboxylic acids is 1. The first kappa shape index (κ1) is 12.0. The summed E-state index contributed by atoms with van der Waals surface area (Å²) in [6.07, 6.45) is -3.48. The van der Waals surface area contributed by atoms with E-state index in [0.717, 1.165) is 0 Å². The summed E-state index contributed by atoms with van der Waals surface area (Å²) < 4.78 is 37.3. The fourth-order valence-electron chi connectivity index (χ4n) is 2.05. The number of para-hydroxylation sites is 1. The van der Waals surface area contributed by atoms with Gasteiger partial charge in [-0.15, -0.1) is 0 Å². The van der Waals surface area contributed by atoms with E-state index in [1.54, 1.807) is 24.3 Å². The third kappa shape index (κ3) is 2.78. The number of alkyl halides is 3. The van der Waals surface area contributed by atoms with E-state index in [1.807, 2.05) is 0 Å². The number of rotatable bonds is 1. The largest absolute Gasteiger partial charge is 0.405 e. The standard InChI is InChI=1S/C12H12F3NO/c13-12(14,15)8-16-7-3-6-11(17)9-4-1-2-5-10(9)16/h1-2,4-5H,3,6-8H2. The van der Waals surface area contributed by atoms with E-state index in [2.05, 4.69) is 0 Å². The van der Waals surface area contributed by atoms with Gasteiger partial charge in [0.15, 0.2) is 5.78 Å². The Hall–Kier alpha value is -1.52. The van der Waals surface area contributed by atoms with Gasteiger partial charge in [-0.1, -0.05) is 12.1 Å². The van der Waals surface area contributed by atoms with E-state index in [4.69, 9.17) is 0 Å². The van der Waals surface area contributed by atoms with Crippen LogP contribution in [0.3, 0.4) is 0 Å². The van der Waals surface area contributed by atoms with Crippen LogP contribution in [0.15, 0.2) is 24.3 Å². The van der Waals surface area contributed by atoms with Crippen LogP contribution in [-0.4, -0.2) is 25.0 Å². The molecular weight excluding hydrogens is 231 g/mol. The lowest BCUT2D eigenvalue weighted by Gasteiger charge is -2.25. The second-order valence-corrected chi connectivity index (χ2v) is 4.08. The van der Waals surface area contributed by atoms with Gasteiger partial charge in [0.2, 0.25) is 0 Å². The maximum absolute atomic E-state index is 12.4. The minimum absolute atomic E-state index is 0.0784. The Labute approximate surface area is 97.0 Å². The summed E-state index contributed by atoms with van der Waals surface area (Å²) in [5.41, 5.74) is 0.793. The Balaban J connectivity index is 2.35. The third-order valence-electron chi connectivity index (χ3n) is 2.75. The molecule has 1 aliphatic rings. The highest BCUT2D eigenvalue weighted by molar-refractivity contribution is 6.01. The van der Waals surface area contributed by atoms with Crippen LogP contribution in [0.1, 0.15) is 23.2 Å². The van der Waals surface area contributed by atoms with Gasteiger partial charge in [-0.25, -0.2) is 0 Å². The molecule has 0 radical (unpaired) electrons. The van der Waals surface area contributed by atoms with E-state index in [1.165, 1.54) is 4.90 Å². The van der Waals surface area contributed by atoms with Gasteiger partial charge in [-0.2, -0.15) is 13.2 Å². The number of anilines is 1. The van der Waals surface area contributed by atoms with Crippen LogP contribution < -0.4 is 4.90 Å². The maximum atomic E-state index is 12.4. The second-order valence-electron chi connectivity index (χ2n) is 4.08. The van der Waals surface area contributed by atoms with E-state index in [-0.39, 0.29) is 12.3 Å². The van der Waals surface area contributed by atoms with Gasteiger partial charge in [0.25, 0.3) is 0 Å². The SMILES string of the molecule is O=C1CCCN(CC(F)(F)F)c2ccccc21. The minimum Gasteiger partial charge on any atom is -0.362 e. The summed E-state index contributed by atoms with van der Waals surface area (Å²) in [6, 6.07) is 6.49. The van der Waals surface area contributed by atoms with Crippen LogP contribution in [0.4, 0.5) is 18.9 Å². The Morgan fingerprint density at radius 1 is 1.24 bits per heavy atom. The van der Waals surface area contributed by atoms with Crippen molar-refractivity contribution in [3.8, 4) is 0 Å². The van der Waals surface area contributed by atoms with Gasteiger partial charge in [0.1, 0.15) is 6.54 Å². The van der Waals surface area contributed by atoms with Crippen molar-refractivity contribution in [2.75, 3.05) is 18.0 Å². The number of hydrogen-bond acceptors (Lipinski definition) is 2. The molecule has 0 saturated carbocycles. The first-order valence-electron chi connectivity index (χ1n) is 5.41. The first-order valence-corrected chi connectivity index (χ1v) is 5.41. The van der Waals surface area contributed by atoms with Gasteiger partial charge in [-0.05, 0) is 18.6 Å². The Kier molecular flexibility index (Phi) is 3.09. The summed E-state index contributed by atoms with van der Waals surface area (Å²) in [5, 5.41) is 0. The van der Waals surface area contributed by atoms with Crippen molar-refractivity contribution in [1.82, 2.24) is 0 Å². The molecular formula is C12H12F3NO. The summed E-state index contributed by atoms with van der Waals surface area (Å²) in [6.45, 7) is -0.737. The topological polar surface area (TPSA) is 20.3 Å². The van der Waals surface area contributed by atoms with Gasteiger partial charge in [0, 0.05) is 24.2 Å². The number of carbonyl (C=O) groups is 1. The van der Waals surface area contributed by atoms with Gasteiger partial charge < -0.3 is 4.90 Å². The summed E-state index contributed by atoms with van der Waals surface area (Å²) in [4.78, 5) is 12.9. The van der Waals surface area contributed by atoms with Crippen LogP contribution in [0.5, 0.6) is 0 Å². The predicted octanol–water partition coefficient (Wildman–Crippen LogP) is 3.03. The first-order chi connectivity index (χ1) is 7.97. The normalized spacial score (nSPS) is 16.6. The molecule has 0 aliphatic carbocycles. The maximum Gasteiger partial charge on any atom is 0.405 e. The van der Waals surface area contributed by atoms with Crippen LogP contribution in [0, 0.1) is 0 Å². The molecule has 0 atom stereocenters. The number of fused-ring (bicyclic) bond motifs is 1. The molecule has 1 aromatic carbocycles. The molecule has 2 nitrogen and oxygen atoms in total. The lowest BCUT2D eigenvalue weighted by atomic mass is 10.1. The van der Waals surface area contributed by atoms with Crippen molar-refractivity contribution >= 4 is 11.5 Å². The fourth-order valence-corrected chi connectivity index (χ4v) is 2.05. The van der Waals surface area contributed by atoms with Gasteiger partial charge in [-0.3, -0.25) is 4.79 Å². The van der Waals surface area contributed by atoms with Crippen molar-refractivity contribution in [3.63, 3.8) is 0 Å². The van der Waals surface area contributed by atoms with Gasteiger partial charge >= 0.3 is 6.18 Å². The molecule has 1 heterocycles. The zero-order valence-corrected chi connectivity index (χ0v) is 9.13. The molecule has 92 valence electrons. The highest BCUT2D eigenvalue weighted by atomic mass is 19.4. The summed E-state index contributed by atoms with van der Waals surface area (Å²) in [7, 11) is 0. The molecule has 0 N–H and O–H groups in total. The van der Waals surface area contributed by atoms with E-state index in [0.29, 0.717) is 24.1 Å². The van der Waals surface area contributed by atoms with Crippen molar-refractivity contribution in [3.05, 3.63) is 29.8 Å². The molecule has 17 heavy (non-hydrogen) atoms. The average molecular weight is 243 g/mol. The summed E-state index contributed by atoms with van der Waals surface area (Å²) in [5.74, 6) is -0.0784. The molecule has 1 aromatic rings. The number of halogens is 3. The molecule has 0 unspecified atom stereocenters.